The number of nitrogens with one attached hydrogen (secondary N) is 1. The third-order valence-corrected chi connectivity index (χ3v) is 5.42. The highest BCUT2D eigenvalue weighted by Crippen LogP contribution is 2.24. The first kappa shape index (κ1) is 26.3. The van der Waals surface area contributed by atoms with Crippen LogP contribution in [0.4, 0.5) is 14.5 Å². The zero-order chi connectivity index (χ0) is 25.6. The Bertz CT molecular complexity index is 1080. The molecule has 0 radical (unpaired) electrons. The van der Waals surface area contributed by atoms with E-state index in [1.165, 1.54) is 18.2 Å². The van der Waals surface area contributed by atoms with Crippen molar-refractivity contribution in [2.24, 2.45) is 0 Å². The van der Waals surface area contributed by atoms with Gasteiger partial charge in [-0.05, 0) is 63.6 Å². The van der Waals surface area contributed by atoms with Crippen LogP contribution in [0.25, 0.3) is 6.08 Å². The number of ether oxygens (including phenoxy) is 2. The molecule has 1 amide bonds. The largest absolute Gasteiger partial charge is 0.460 e. The second-order valence-corrected chi connectivity index (χ2v) is 9.55. The quantitative estimate of drug-likeness (QED) is 0.450. The van der Waals surface area contributed by atoms with Gasteiger partial charge >= 0.3 is 5.97 Å². The van der Waals surface area contributed by atoms with Crippen molar-refractivity contribution in [2.45, 2.75) is 51.9 Å². The van der Waals surface area contributed by atoms with Crippen LogP contribution in [-0.4, -0.2) is 43.3 Å². The molecule has 2 aromatic rings. The maximum Gasteiger partial charge on any atom is 0.309 e. The Hall–Kier alpha value is -3.26. The number of morpholine rings is 1. The van der Waals surface area contributed by atoms with E-state index in [4.69, 9.17) is 9.47 Å². The van der Waals surface area contributed by atoms with Crippen molar-refractivity contribution in [3.05, 3.63) is 71.3 Å². The van der Waals surface area contributed by atoms with E-state index in [9.17, 15) is 18.4 Å². The van der Waals surface area contributed by atoms with Crippen LogP contribution in [0.2, 0.25) is 0 Å². The molecule has 2 atom stereocenters. The van der Waals surface area contributed by atoms with Crippen molar-refractivity contribution < 1.29 is 27.8 Å². The van der Waals surface area contributed by atoms with Gasteiger partial charge in [-0.15, -0.1) is 0 Å². The highest BCUT2D eigenvalue weighted by molar-refractivity contribution is 5.92. The van der Waals surface area contributed by atoms with Crippen molar-refractivity contribution in [2.75, 3.05) is 24.6 Å². The summed E-state index contributed by atoms with van der Waals surface area (Å²) in [7, 11) is 0. The van der Waals surface area contributed by atoms with E-state index in [2.05, 4.69) is 10.2 Å². The zero-order valence-corrected chi connectivity index (χ0v) is 20.5. The number of hydrogen-bond donors (Lipinski definition) is 1. The van der Waals surface area contributed by atoms with Crippen molar-refractivity contribution in [1.29, 1.82) is 0 Å². The molecule has 1 heterocycles. The van der Waals surface area contributed by atoms with Gasteiger partial charge < -0.3 is 19.7 Å². The molecular weight excluding hydrogens is 454 g/mol. The summed E-state index contributed by atoms with van der Waals surface area (Å²) in [5, 5.41) is 2.86. The molecule has 0 aliphatic carbocycles. The van der Waals surface area contributed by atoms with Crippen LogP contribution < -0.4 is 10.2 Å². The fourth-order valence-electron chi connectivity index (χ4n) is 3.78. The lowest BCUT2D eigenvalue weighted by Crippen LogP contribution is -2.44. The van der Waals surface area contributed by atoms with Gasteiger partial charge in [0.2, 0.25) is 5.91 Å². The first-order valence-electron chi connectivity index (χ1n) is 11.6. The summed E-state index contributed by atoms with van der Waals surface area (Å²) in [4.78, 5) is 26.7. The highest BCUT2D eigenvalue weighted by atomic mass is 19.1. The summed E-state index contributed by atoms with van der Waals surface area (Å²) in [6.07, 6.45) is 2.45. The van der Waals surface area contributed by atoms with Gasteiger partial charge in [-0.25, -0.2) is 8.78 Å². The van der Waals surface area contributed by atoms with Crippen molar-refractivity contribution >= 4 is 23.6 Å². The molecule has 3 rings (SSSR count). The van der Waals surface area contributed by atoms with E-state index in [0.29, 0.717) is 19.7 Å². The molecule has 35 heavy (non-hydrogen) atoms. The molecular formula is C27H32F2N2O4. The number of anilines is 1. The summed E-state index contributed by atoms with van der Waals surface area (Å²) in [5.41, 5.74) is 1.45. The molecule has 188 valence electrons. The van der Waals surface area contributed by atoms with E-state index in [1.807, 2.05) is 52.0 Å². The number of hydrogen-bond acceptors (Lipinski definition) is 5. The van der Waals surface area contributed by atoms with E-state index in [1.54, 1.807) is 0 Å². The summed E-state index contributed by atoms with van der Waals surface area (Å²) in [6.45, 7) is 9.09. The third kappa shape index (κ3) is 8.17. The van der Waals surface area contributed by atoms with Gasteiger partial charge in [-0.1, -0.05) is 12.1 Å². The number of benzene rings is 2. The molecule has 0 saturated carbocycles. The maximum atomic E-state index is 13.8. The Morgan fingerprint density at radius 2 is 2.00 bits per heavy atom. The minimum Gasteiger partial charge on any atom is -0.460 e. The molecule has 0 spiro atoms. The zero-order valence-electron chi connectivity index (χ0n) is 20.5. The molecule has 1 fully saturated rings. The number of nitrogens with zero attached hydrogens (tertiary/aromatic N) is 1. The number of rotatable bonds is 7. The molecule has 2 aromatic carbocycles. The van der Waals surface area contributed by atoms with Gasteiger partial charge in [0.05, 0.1) is 25.2 Å². The van der Waals surface area contributed by atoms with E-state index in [0.717, 1.165) is 23.4 Å². The first-order chi connectivity index (χ1) is 16.5. The lowest BCUT2D eigenvalue weighted by atomic mass is 10.1. The van der Waals surface area contributed by atoms with E-state index >= 15 is 0 Å². The predicted molar refractivity (Wildman–Crippen MR) is 131 cm³/mol. The van der Waals surface area contributed by atoms with Crippen LogP contribution in [0.1, 0.15) is 51.3 Å². The average Bonchev–Trinajstić information content (AvgIpc) is 2.77. The number of halogens is 2. The van der Waals surface area contributed by atoms with Gasteiger partial charge in [-0.2, -0.15) is 0 Å². The number of carbonyl (C=O) groups excluding carboxylic acids is 2. The van der Waals surface area contributed by atoms with Crippen LogP contribution in [0.5, 0.6) is 0 Å². The summed E-state index contributed by atoms with van der Waals surface area (Å²) < 4.78 is 38.0. The lowest BCUT2D eigenvalue weighted by Gasteiger charge is -2.35. The molecule has 6 nitrogen and oxygen atoms in total. The fraction of sp³-hybridized carbons (Fsp3) is 0.407. The fourth-order valence-corrected chi connectivity index (χ4v) is 3.78. The molecule has 8 heteroatoms. The standard InChI is InChI=1S/C27H32F2N2O4/c1-18(30-25(32)11-9-19-8-10-21(28)15-24(19)29)20-6-5-7-22(14-20)31-12-13-34-23(17-31)16-26(33)35-27(2,3)4/h5-11,14-15,18,23H,12-13,16-17H2,1-4H3,(H,30,32)/b11-9+/t18-,23?/m1/s1. The first-order valence-corrected chi connectivity index (χ1v) is 11.6. The molecule has 0 aromatic heterocycles. The summed E-state index contributed by atoms with van der Waals surface area (Å²) in [6, 6.07) is 10.7. The Kier molecular flexibility index (Phi) is 8.62. The van der Waals surface area contributed by atoms with Crippen LogP contribution in [-0.2, 0) is 19.1 Å². The Balaban J connectivity index is 1.59. The Morgan fingerprint density at radius 1 is 1.23 bits per heavy atom. The normalized spacial score (nSPS) is 17.3. The molecule has 1 aliphatic heterocycles. The van der Waals surface area contributed by atoms with Gasteiger partial charge in [0.15, 0.2) is 0 Å². The molecule has 1 N–H and O–H groups in total. The third-order valence-electron chi connectivity index (χ3n) is 5.42. The van der Waals surface area contributed by atoms with Crippen LogP contribution >= 0.6 is 0 Å². The van der Waals surface area contributed by atoms with Crippen molar-refractivity contribution in [3.63, 3.8) is 0 Å². The van der Waals surface area contributed by atoms with Crippen molar-refractivity contribution in [3.8, 4) is 0 Å². The monoisotopic (exact) mass is 486 g/mol. The minimum atomic E-state index is -0.731. The minimum absolute atomic E-state index is 0.129. The van der Waals surface area contributed by atoms with Crippen molar-refractivity contribution in [1.82, 2.24) is 5.32 Å². The summed E-state index contributed by atoms with van der Waals surface area (Å²) in [5.74, 6) is -2.09. The van der Waals surface area contributed by atoms with Gasteiger partial charge in [-0.3, -0.25) is 9.59 Å². The molecule has 1 saturated heterocycles. The topological polar surface area (TPSA) is 67.9 Å². The van der Waals surface area contributed by atoms with Crippen LogP contribution in [0, 0.1) is 11.6 Å². The average molecular weight is 487 g/mol. The van der Waals surface area contributed by atoms with E-state index < -0.39 is 23.1 Å². The predicted octanol–water partition coefficient (Wildman–Crippen LogP) is 4.79. The Morgan fingerprint density at radius 3 is 2.71 bits per heavy atom. The lowest BCUT2D eigenvalue weighted by molar-refractivity contribution is -0.158. The van der Waals surface area contributed by atoms with Gasteiger partial charge in [0.25, 0.3) is 0 Å². The Labute approximate surface area is 204 Å². The second-order valence-electron chi connectivity index (χ2n) is 9.55. The molecule has 0 bridgehead atoms. The summed E-state index contributed by atoms with van der Waals surface area (Å²) >= 11 is 0. The number of esters is 1. The second kappa shape index (κ2) is 11.4. The number of amides is 1. The number of carbonyl (C=O) groups is 2. The SMILES string of the molecule is C[C@@H](NC(=O)/C=C/c1ccc(F)cc1F)c1cccc(N2CCOC(CC(=O)OC(C)(C)C)C2)c1. The maximum absolute atomic E-state index is 13.8. The highest BCUT2D eigenvalue weighted by Gasteiger charge is 2.26. The van der Waals surface area contributed by atoms with Crippen LogP contribution in [0.3, 0.4) is 0 Å². The van der Waals surface area contributed by atoms with E-state index in [-0.39, 0.29) is 30.1 Å². The molecule has 1 unspecified atom stereocenters. The smallest absolute Gasteiger partial charge is 0.309 e. The van der Waals surface area contributed by atoms with Crippen LogP contribution in [0.15, 0.2) is 48.5 Å². The molecule has 1 aliphatic rings. The van der Waals surface area contributed by atoms with Gasteiger partial charge in [0.1, 0.15) is 17.2 Å². The van der Waals surface area contributed by atoms with Gasteiger partial charge in [0, 0.05) is 36.5 Å².